The molecule has 0 radical (unpaired) electrons. The van der Waals surface area contributed by atoms with E-state index in [1.165, 1.54) is 25.0 Å². The Morgan fingerprint density at radius 3 is 2.48 bits per heavy atom. The van der Waals surface area contributed by atoms with Crippen LogP contribution in [0.15, 0.2) is 24.3 Å². The van der Waals surface area contributed by atoms with Crippen LogP contribution >= 0.6 is 0 Å². The van der Waals surface area contributed by atoms with Gasteiger partial charge >= 0.3 is 6.61 Å². The third-order valence-corrected chi connectivity index (χ3v) is 4.68. The van der Waals surface area contributed by atoms with Gasteiger partial charge in [-0.1, -0.05) is 12.1 Å². The lowest BCUT2D eigenvalue weighted by Crippen LogP contribution is -2.39. The van der Waals surface area contributed by atoms with Gasteiger partial charge < -0.3 is 15.4 Å². The summed E-state index contributed by atoms with van der Waals surface area (Å²) in [7, 11) is 0. The van der Waals surface area contributed by atoms with Crippen LogP contribution in [0.2, 0.25) is 0 Å². The summed E-state index contributed by atoms with van der Waals surface area (Å²) < 4.78 is 28.4. The van der Waals surface area contributed by atoms with E-state index in [0.29, 0.717) is 31.0 Å². The van der Waals surface area contributed by atoms with Gasteiger partial charge in [-0.25, -0.2) is 0 Å². The van der Waals surface area contributed by atoms with Crippen molar-refractivity contribution >= 4 is 5.91 Å². The normalized spacial score (nSPS) is 26.3. The maximum Gasteiger partial charge on any atom is 0.387 e. The topological polar surface area (TPSA) is 50.4 Å². The van der Waals surface area contributed by atoms with Crippen molar-refractivity contribution in [3.05, 3.63) is 29.8 Å². The van der Waals surface area contributed by atoms with Gasteiger partial charge in [0.1, 0.15) is 5.75 Å². The van der Waals surface area contributed by atoms with Crippen LogP contribution in [0.4, 0.5) is 8.78 Å². The number of ether oxygens (including phenoxy) is 1. The molecule has 2 aliphatic rings. The van der Waals surface area contributed by atoms with Gasteiger partial charge in [-0.3, -0.25) is 4.79 Å². The van der Waals surface area contributed by atoms with E-state index in [2.05, 4.69) is 15.4 Å². The third-order valence-electron chi connectivity index (χ3n) is 4.68. The van der Waals surface area contributed by atoms with Gasteiger partial charge in [0.05, 0.1) is 0 Å². The van der Waals surface area contributed by atoms with Gasteiger partial charge in [0.2, 0.25) is 5.91 Å². The summed E-state index contributed by atoms with van der Waals surface area (Å²) in [5.41, 5.74) is 0.866. The molecule has 2 aliphatic heterocycles. The first-order valence-corrected chi connectivity index (χ1v) is 8.15. The number of rotatable bonds is 6. The smallest absolute Gasteiger partial charge is 0.387 e. The fourth-order valence-electron chi connectivity index (χ4n) is 3.67. The summed E-state index contributed by atoms with van der Waals surface area (Å²) in [5, 5.41) is 6.48. The molecular weight excluding hydrogens is 302 g/mol. The first-order valence-electron chi connectivity index (χ1n) is 8.15. The zero-order chi connectivity index (χ0) is 16.2. The standard InChI is InChI=1S/C17H22F2N2O2/c18-17(19)23-15-5-1-11(2-6-15)10-20-16(22)9-12-7-13-3-4-14(8-12)21-13/h1-2,5-6,12-14,17,21H,3-4,7-10H2,(H,20,22). The molecule has 1 aromatic rings. The molecule has 2 fully saturated rings. The second-order valence-corrected chi connectivity index (χ2v) is 6.48. The number of hydrogen-bond donors (Lipinski definition) is 2. The Bertz CT molecular complexity index is 524. The average molecular weight is 324 g/mol. The van der Waals surface area contributed by atoms with Crippen molar-refractivity contribution in [2.24, 2.45) is 5.92 Å². The van der Waals surface area contributed by atoms with Gasteiger partial charge in [-0.15, -0.1) is 0 Å². The number of alkyl halides is 2. The number of halogens is 2. The molecule has 2 saturated heterocycles. The third kappa shape index (κ3) is 4.64. The lowest BCUT2D eigenvalue weighted by molar-refractivity contribution is -0.122. The highest BCUT2D eigenvalue weighted by molar-refractivity contribution is 5.76. The highest BCUT2D eigenvalue weighted by atomic mass is 19.3. The summed E-state index contributed by atoms with van der Waals surface area (Å²) >= 11 is 0. The van der Waals surface area contributed by atoms with Crippen molar-refractivity contribution < 1.29 is 18.3 Å². The molecule has 126 valence electrons. The van der Waals surface area contributed by atoms with Gasteiger partial charge in [0, 0.05) is 25.0 Å². The Labute approximate surface area is 134 Å². The van der Waals surface area contributed by atoms with Crippen molar-refractivity contribution in [2.45, 2.75) is 57.3 Å². The van der Waals surface area contributed by atoms with E-state index in [4.69, 9.17) is 0 Å². The first-order chi connectivity index (χ1) is 11.1. The molecule has 2 unspecified atom stereocenters. The lowest BCUT2D eigenvalue weighted by atomic mass is 9.89. The molecule has 2 atom stereocenters. The molecule has 0 spiro atoms. The number of benzene rings is 1. The molecule has 4 nitrogen and oxygen atoms in total. The van der Waals surface area contributed by atoms with E-state index in [9.17, 15) is 13.6 Å². The molecule has 2 bridgehead atoms. The predicted molar refractivity (Wildman–Crippen MR) is 82.2 cm³/mol. The van der Waals surface area contributed by atoms with Crippen LogP contribution in [-0.2, 0) is 11.3 Å². The van der Waals surface area contributed by atoms with Crippen LogP contribution in [0.1, 0.15) is 37.7 Å². The van der Waals surface area contributed by atoms with Gasteiger partial charge in [0.25, 0.3) is 0 Å². The van der Waals surface area contributed by atoms with Crippen LogP contribution in [0.25, 0.3) is 0 Å². The van der Waals surface area contributed by atoms with Crippen molar-refractivity contribution in [3.8, 4) is 5.75 Å². The Balaban J connectivity index is 1.42. The number of nitrogens with one attached hydrogen (secondary N) is 2. The minimum Gasteiger partial charge on any atom is -0.435 e. The van der Waals surface area contributed by atoms with Crippen LogP contribution in [-0.4, -0.2) is 24.6 Å². The van der Waals surface area contributed by atoms with E-state index in [0.717, 1.165) is 18.4 Å². The van der Waals surface area contributed by atoms with Gasteiger partial charge in [0.15, 0.2) is 0 Å². The molecular formula is C17H22F2N2O2. The van der Waals surface area contributed by atoms with E-state index >= 15 is 0 Å². The number of fused-ring (bicyclic) bond motifs is 2. The molecule has 2 heterocycles. The number of piperidine rings is 1. The minimum absolute atomic E-state index is 0.0595. The fraction of sp³-hybridized carbons (Fsp3) is 0.588. The molecule has 3 rings (SSSR count). The quantitative estimate of drug-likeness (QED) is 0.846. The Morgan fingerprint density at radius 1 is 1.22 bits per heavy atom. The number of amides is 1. The zero-order valence-electron chi connectivity index (χ0n) is 12.9. The van der Waals surface area contributed by atoms with Crippen LogP contribution in [0, 0.1) is 5.92 Å². The highest BCUT2D eigenvalue weighted by Crippen LogP contribution is 2.32. The lowest BCUT2D eigenvalue weighted by Gasteiger charge is -2.28. The Kier molecular flexibility index (Phi) is 5.10. The largest absolute Gasteiger partial charge is 0.435 e. The summed E-state index contributed by atoms with van der Waals surface area (Å²) in [6.07, 6.45) is 5.21. The maximum atomic E-state index is 12.1. The number of carbonyl (C=O) groups is 1. The first kappa shape index (κ1) is 16.2. The molecule has 2 N–H and O–H groups in total. The van der Waals surface area contributed by atoms with Crippen LogP contribution in [0.3, 0.4) is 0 Å². The van der Waals surface area contributed by atoms with Crippen LogP contribution in [0.5, 0.6) is 5.75 Å². The van der Waals surface area contributed by atoms with E-state index < -0.39 is 6.61 Å². The monoisotopic (exact) mass is 324 g/mol. The number of hydrogen-bond acceptors (Lipinski definition) is 3. The second kappa shape index (κ2) is 7.25. The molecule has 0 aliphatic carbocycles. The second-order valence-electron chi connectivity index (χ2n) is 6.48. The maximum absolute atomic E-state index is 12.1. The van der Waals surface area contributed by atoms with Crippen molar-refractivity contribution in [1.82, 2.24) is 10.6 Å². The minimum atomic E-state index is -2.82. The highest BCUT2D eigenvalue weighted by Gasteiger charge is 2.34. The van der Waals surface area contributed by atoms with E-state index in [-0.39, 0.29) is 11.7 Å². The molecule has 23 heavy (non-hydrogen) atoms. The predicted octanol–water partition coefficient (Wildman–Crippen LogP) is 2.82. The molecule has 1 amide bonds. The molecule has 0 aromatic heterocycles. The van der Waals surface area contributed by atoms with Crippen molar-refractivity contribution in [2.75, 3.05) is 0 Å². The van der Waals surface area contributed by atoms with Crippen molar-refractivity contribution in [3.63, 3.8) is 0 Å². The summed E-state index contributed by atoms with van der Waals surface area (Å²) in [6.45, 7) is -2.41. The average Bonchev–Trinajstić information content (AvgIpc) is 2.85. The van der Waals surface area contributed by atoms with Crippen molar-refractivity contribution in [1.29, 1.82) is 0 Å². The molecule has 0 saturated carbocycles. The summed E-state index contributed by atoms with van der Waals surface area (Å²) in [4.78, 5) is 12.1. The Hall–Kier alpha value is -1.69. The number of carbonyl (C=O) groups excluding carboxylic acids is 1. The Morgan fingerprint density at radius 2 is 1.87 bits per heavy atom. The van der Waals surface area contributed by atoms with E-state index in [1.54, 1.807) is 12.1 Å². The van der Waals surface area contributed by atoms with Crippen LogP contribution < -0.4 is 15.4 Å². The van der Waals surface area contributed by atoms with E-state index in [1.807, 2.05) is 0 Å². The molecule has 6 heteroatoms. The van der Waals surface area contributed by atoms with Gasteiger partial charge in [-0.05, 0) is 49.3 Å². The summed E-state index contributed by atoms with van der Waals surface area (Å²) in [6, 6.07) is 7.52. The molecule has 1 aromatic carbocycles. The fourth-order valence-corrected chi connectivity index (χ4v) is 3.67. The SMILES string of the molecule is O=C(CC1CC2CCC(C1)N2)NCc1ccc(OC(F)F)cc1. The summed E-state index contributed by atoms with van der Waals surface area (Å²) in [5.74, 6) is 0.653. The zero-order valence-corrected chi connectivity index (χ0v) is 12.9. The van der Waals surface area contributed by atoms with Gasteiger partial charge in [-0.2, -0.15) is 8.78 Å².